The van der Waals surface area contributed by atoms with Gasteiger partial charge in [-0.25, -0.2) is 5.10 Å². The van der Waals surface area contributed by atoms with Gasteiger partial charge >= 0.3 is 0 Å². The van der Waals surface area contributed by atoms with Crippen LogP contribution in [0.5, 0.6) is 0 Å². The standard InChI is InChI=1S/C10H20N6/c1-3-16-6-4-5-8(16)7-15(2)10-12-9(11)13-14-10/h8H,3-7H2,1-2H3,(H3,11,12,13,14). The number of hydrogen-bond acceptors (Lipinski definition) is 5. The summed E-state index contributed by atoms with van der Waals surface area (Å²) in [5, 5.41) is 6.72. The second kappa shape index (κ2) is 4.69. The average molecular weight is 224 g/mol. The van der Waals surface area contributed by atoms with Crippen LogP contribution < -0.4 is 10.6 Å². The third kappa shape index (κ3) is 2.27. The molecule has 0 amide bonds. The summed E-state index contributed by atoms with van der Waals surface area (Å²) in [7, 11) is 2.01. The maximum Gasteiger partial charge on any atom is 0.246 e. The molecule has 0 bridgehead atoms. The van der Waals surface area contributed by atoms with E-state index in [0.717, 1.165) is 13.1 Å². The van der Waals surface area contributed by atoms with Crippen LogP contribution in [0.2, 0.25) is 0 Å². The molecule has 2 rings (SSSR count). The number of likely N-dealkylation sites (N-methyl/N-ethyl adjacent to an activating group) is 2. The Labute approximate surface area is 95.8 Å². The molecule has 0 saturated carbocycles. The second-order valence-electron chi connectivity index (χ2n) is 4.33. The Bertz CT molecular complexity index is 336. The van der Waals surface area contributed by atoms with Crippen LogP contribution in [0.25, 0.3) is 0 Å². The molecule has 0 spiro atoms. The molecule has 0 aliphatic carbocycles. The highest BCUT2D eigenvalue weighted by Gasteiger charge is 2.24. The fraction of sp³-hybridized carbons (Fsp3) is 0.800. The van der Waals surface area contributed by atoms with E-state index in [2.05, 4.69) is 31.9 Å². The minimum Gasteiger partial charge on any atom is -0.368 e. The van der Waals surface area contributed by atoms with Crippen molar-refractivity contribution in [3.05, 3.63) is 0 Å². The highest BCUT2D eigenvalue weighted by atomic mass is 15.4. The fourth-order valence-corrected chi connectivity index (χ4v) is 2.35. The van der Waals surface area contributed by atoms with Crippen LogP contribution in [0, 0.1) is 0 Å². The predicted octanol–water partition coefficient (Wildman–Crippen LogP) is 0.307. The number of nitrogens with two attached hydrogens (primary N) is 1. The van der Waals surface area contributed by atoms with Gasteiger partial charge in [-0.15, -0.1) is 5.10 Å². The quantitative estimate of drug-likeness (QED) is 0.770. The number of nitrogens with one attached hydrogen (secondary N) is 1. The number of likely N-dealkylation sites (tertiary alicyclic amines) is 1. The summed E-state index contributed by atoms with van der Waals surface area (Å²) in [6.07, 6.45) is 2.56. The number of nitrogens with zero attached hydrogens (tertiary/aromatic N) is 4. The van der Waals surface area contributed by atoms with Gasteiger partial charge in [0.15, 0.2) is 0 Å². The first-order valence-electron chi connectivity index (χ1n) is 5.83. The van der Waals surface area contributed by atoms with Gasteiger partial charge in [-0.2, -0.15) is 4.98 Å². The van der Waals surface area contributed by atoms with Crippen LogP contribution in [-0.2, 0) is 0 Å². The van der Waals surface area contributed by atoms with Crippen LogP contribution in [0.4, 0.5) is 11.9 Å². The van der Waals surface area contributed by atoms with E-state index in [4.69, 9.17) is 5.73 Å². The summed E-state index contributed by atoms with van der Waals surface area (Å²) in [6, 6.07) is 0.620. The molecule has 6 heteroatoms. The summed E-state index contributed by atoms with van der Waals surface area (Å²) in [5.41, 5.74) is 5.51. The van der Waals surface area contributed by atoms with Gasteiger partial charge in [-0.3, -0.25) is 4.90 Å². The SMILES string of the molecule is CCN1CCCC1CN(C)c1n[nH]c(N)n1. The number of rotatable bonds is 4. The molecule has 1 aliphatic rings. The summed E-state index contributed by atoms with van der Waals surface area (Å²) >= 11 is 0. The Morgan fingerprint density at radius 3 is 3.06 bits per heavy atom. The average Bonchev–Trinajstić information content (AvgIpc) is 2.86. The molecule has 3 N–H and O–H groups in total. The van der Waals surface area contributed by atoms with Crippen molar-refractivity contribution in [2.75, 3.05) is 37.3 Å². The first-order chi connectivity index (χ1) is 7.70. The minimum atomic E-state index is 0.376. The largest absolute Gasteiger partial charge is 0.368 e. The van der Waals surface area contributed by atoms with Crippen molar-refractivity contribution in [1.29, 1.82) is 0 Å². The fourth-order valence-electron chi connectivity index (χ4n) is 2.35. The van der Waals surface area contributed by atoms with Crippen LogP contribution >= 0.6 is 0 Å². The number of nitrogen functional groups attached to an aromatic ring is 1. The van der Waals surface area contributed by atoms with E-state index in [9.17, 15) is 0 Å². The summed E-state index contributed by atoms with van der Waals surface area (Å²) in [4.78, 5) is 8.69. The zero-order valence-electron chi connectivity index (χ0n) is 9.98. The zero-order valence-corrected chi connectivity index (χ0v) is 9.98. The lowest BCUT2D eigenvalue weighted by Crippen LogP contribution is -2.39. The molecule has 90 valence electrons. The van der Waals surface area contributed by atoms with Gasteiger partial charge in [0.1, 0.15) is 0 Å². The van der Waals surface area contributed by atoms with Crippen molar-refractivity contribution in [1.82, 2.24) is 20.1 Å². The van der Waals surface area contributed by atoms with Crippen LogP contribution in [-0.4, -0.2) is 52.8 Å². The molecule has 0 radical (unpaired) electrons. The molecular weight excluding hydrogens is 204 g/mol. The molecule has 1 aliphatic heterocycles. The Morgan fingerprint density at radius 2 is 2.44 bits per heavy atom. The minimum absolute atomic E-state index is 0.376. The van der Waals surface area contributed by atoms with Gasteiger partial charge in [0.05, 0.1) is 0 Å². The molecule has 1 aromatic heterocycles. The smallest absolute Gasteiger partial charge is 0.246 e. The van der Waals surface area contributed by atoms with Gasteiger partial charge in [0.2, 0.25) is 11.9 Å². The molecule has 0 aromatic carbocycles. The van der Waals surface area contributed by atoms with E-state index in [1.165, 1.54) is 19.4 Å². The third-order valence-electron chi connectivity index (χ3n) is 3.22. The van der Waals surface area contributed by atoms with Crippen molar-refractivity contribution >= 4 is 11.9 Å². The summed E-state index contributed by atoms with van der Waals surface area (Å²) in [5.74, 6) is 1.06. The number of anilines is 2. The first-order valence-corrected chi connectivity index (χ1v) is 5.83. The van der Waals surface area contributed by atoms with Gasteiger partial charge in [0, 0.05) is 19.6 Å². The molecule has 1 unspecified atom stereocenters. The van der Waals surface area contributed by atoms with E-state index in [1.54, 1.807) is 0 Å². The Morgan fingerprint density at radius 1 is 1.62 bits per heavy atom. The van der Waals surface area contributed by atoms with E-state index in [0.29, 0.717) is 17.9 Å². The topological polar surface area (TPSA) is 74.1 Å². The second-order valence-corrected chi connectivity index (χ2v) is 4.33. The highest BCUT2D eigenvalue weighted by molar-refractivity contribution is 5.32. The Kier molecular flexibility index (Phi) is 3.28. The van der Waals surface area contributed by atoms with Gasteiger partial charge < -0.3 is 10.6 Å². The van der Waals surface area contributed by atoms with Crippen molar-refractivity contribution in [3.8, 4) is 0 Å². The zero-order chi connectivity index (χ0) is 11.5. The van der Waals surface area contributed by atoms with Gasteiger partial charge in [-0.1, -0.05) is 6.92 Å². The maximum absolute atomic E-state index is 5.51. The maximum atomic E-state index is 5.51. The molecule has 6 nitrogen and oxygen atoms in total. The van der Waals surface area contributed by atoms with Gasteiger partial charge in [0.25, 0.3) is 0 Å². The number of aromatic nitrogens is 3. The van der Waals surface area contributed by atoms with Crippen LogP contribution in [0.3, 0.4) is 0 Å². The van der Waals surface area contributed by atoms with Crippen LogP contribution in [0.15, 0.2) is 0 Å². The van der Waals surface area contributed by atoms with Crippen molar-refractivity contribution in [2.24, 2.45) is 0 Å². The van der Waals surface area contributed by atoms with Crippen molar-refractivity contribution < 1.29 is 0 Å². The lowest BCUT2D eigenvalue weighted by molar-refractivity contribution is 0.270. The summed E-state index contributed by atoms with van der Waals surface area (Å²) < 4.78 is 0. The predicted molar refractivity (Wildman–Crippen MR) is 64.3 cm³/mol. The Hall–Kier alpha value is -1.30. The number of aromatic amines is 1. The van der Waals surface area contributed by atoms with Crippen molar-refractivity contribution in [3.63, 3.8) is 0 Å². The summed E-state index contributed by atoms with van der Waals surface area (Å²) in [6.45, 7) is 5.51. The molecular formula is C10H20N6. The van der Waals surface area contributed by atoms with E-state index < -0.39 is 0 Å². The van der Waals surface area contributed by atoms with E-state index in [1.807, 2.05) is 7.05 Å². The molecule has 1 aromatic rings. The highest BCUT2D eigenvalue weighted by Crippen LogP contribution is 2.18. The van der Waals surface area contributed by atoms with Crippen LogP contribution in [0.1, 0.15) is 19.8 Å². The molecule has 16 heavy (non-hydrogen) atoms. The first kappa shape index (κ1) is 11.2. The Balaban J connectivity index is 1.94. The normalized spacial score (nSPS) is 21.5. The van der Waals surface area contributed by atoms with Crippen molar-refractivity contribution in [2.45, 2.75) is 25.8 Å². The van der Waals surface area contributed by atoms with Gasteiger partial charge in [-0.05, 0) is 25.9 Å². The van der Waals surface area contributed by atoms with E-state index >= 15 is 0 Å². The third-order valence-corrected chi connectivity index (χ3v) is 3.22. The number of H-pyrrole nitrogens is 1. The molecule has 1 saturated heterocycles. The van der Waals surface area contributed by atoms with E-state index in [-0.39, 0.29) is 0 Å². The lowest BCUT2D eigenvalue weighted by atomic mass is 10.2. The lowest BCUT2D eigenvalue weighted by Gasteiger charge is -2.26. The molecule has 1 fully saturated rings. The number of hydrogen-bond donors (Lipinski definition) is 2. The molecule has 2 heterocycles. The monoisotopic (exact) mass is 224 g/mol. The molecule has 1 atom stereocenters.